The number of carbonyl (C=O) groups is 1. The van der Waals surface area contributed by atoms with Gasteiger partial charge in [-0.1, -0.05) is 13.8 Å². The Hall–Kier alpha value is -2.16. The number of nitrogens with zero attached hydrogens (tertiary/aromatic N) is 4. The summed E-state index contributed by atoms with van der Waals surface area (Å²) in [6, 6.07) is 2.28. The predicted octanol–water partition coefficient (Wildman–Crippen LogP) is 3.71. The van der Waals surface area contributed by atoms with Crippen molar-refractivity contribution in [3.05, 3.63) is 29.2 Å². The van der Waals surface area contributed by atoms with E-state index in [2.05, 4.69) is 10.1 Å². The minimum Gasteiger partial charge on any atom is -0.368 e. The molecule has 2 saturated heterocycles. The third kappa shape index (κ3) is 3.36. The maximum atomic E-state index is 13.6. The first-order valence-corrected chi connectivity index (χ1v) is 9.65. The van der Waals surface area contributed by atoms with Gasteiger partial charge in [-0.2, -0.15) is 18.3 Å². The second kappa shape index (κ2) is 7.02. The first-order valence-electron chi connectivity index (χ1n) is 9.65. The molecule has 4 heterocycles. The van der Waals surface area contributed by atoms with E-state index in [1.54, 1.807) is 24.8 Å². The number of ether oxygens (including phenoxy) is 1. The highest BCUT2D eigenvalue weighted by molar-refractivity contribution is 5.82. The first-order chi connectivity index (χ1) is 13.3. The van der Waals surface area contributed by atoms with Gasteiger partial charge in [0.2, 0.25) is 0 Å². The average molecular weight is 396 g/mol. The van der Waals surface area contributed by atoms with E-state index in [-0.39, 0.29) is 23.5 Å². The van der Waals surface area contributed by atoms with Crippen molar-refractivity contribution >= 4 is 11.6 Å². The van der Waals surface area contributed by atoms with Crippen molar-refractivity contribution in [3.8, 4) is 0 Å². The topological polar surface area (TPSA) is 59.7 Å². The van der Waals surface area contributed by atoms with Crippen LogP contribution in [-0.2, 0) is 15.7 Å². The Labute approximate surface area is 160 Å². The third-order valence-corrected chi connectivity index (χ3v) is 5.43. The van der Waals surface area contributed by atoms with Gasteiger partial charge in [0.05, 0.1) is 11.7 Å². The van der Waals surface area contributed by atoms with Crippen LogP contribution in [0.2, 0.25) is 0 Å². The molecular formula is C19H23F3N4O2. The zero-order chi connectivity index (χ0) is 20.1. The molecule has 2 fully saturated rings. The molecule has 0 unspecified atom stereocenters. The van der Waals surface area contributed by atoms with Gasteiger partial charge < -0.3 is 9.64 Å². The van der Waals surface area contributed by atoms with Crippen molar-refractivity contribution in [2.24, 2.45) is 0 Å². The molecule has 0 saturated carbocycles. The standard InChI is InChI=1S/C19H23F3N4O2/c1-11(2)12-9-16(19(20,21)22)26-17(23-12)10-13(24-26)14-5-3-7-25(14)18(27)15-6-4-8-28-15/h9-11,14-15H,3-8H2,1-2H3/t14-,15-/m1/s1. The van der Waals surface area contributed by atoms with Crippen molar-refractivity contribution < 1.29 is 22.7 Å². The molecule has 0 radical (unpaired) electrons. The summed E-state index contributed by atoms with van der Waals surface area (Å²) in [5.41, 5.74) is 0.125. The molecule has 4 rings (SSSR count). The van der Waals surface area contributed by atoms with Crippen molar-refractivity contribution in [1.29, 1.82) is 0 Å². The van der Waals surface area contributed by atoms with Crippen LogP contribution in [0.4, 0.5) is 13.2 Å². The van der Waals surface area contributed by atoms with E-state index in [1.807, 2.05) is 0 Å². The normalized spacial score (nSPS) is 23.3. The Morgan fingerprint density at radius 3 is 2.68 bits per heavy atom. The number of hydrogen-bond acceptors (Lipinski definition) is 4. The van der Waals surface area contributed by atoms with Gasteiger partial charge in [0.15, 0.2) is 5.65 Å². The summed E-state index contributed by atoms with van der Waals surface area (Å²) in [5.74, 6) is -0.238. The van der Waals surface area contributed by atoms with Gasteiger partial charge in [0.1, 0.15) is 11.8 Å². The van der Waals surface area contributed by atoms with Crippen LogP contribution in [-0.4, -0.2) is 44.7 Å². The molecule has 152 valence electrons. The molecule has 2 aliphatic rings. The zero-order valence-electron chi connectivity index (χ0n) is 15.9. The molecule has 0 aromatic carbocycles. The molecular weight excluding hydrogens is 373 g/mol. The number of amides is 1. The quantitative estimate of drug-likeness (QED) is 0.794. The largest absolute Gasteiger partial charge is 0.433 e. The van der Waals surface area contributed by atoms with E-state index in [0.717, 1.165) is 23.4 Å². The van der Waals surface area contributed by atoms with Gasteiger partial charge in [-0.05, 0) is 37.7 Å². The number of alkyl halides is 3. The van der Waals surface area contributed by atoms with Gasteiger partial charge in [-0.15, -0.1) is 0 Å². The number of aromatic nitrogens is 3. The lowest BCUT2D eigenvalue weighted by molar-refractivity contribution is -0.143. The minimum absolute atomic E-state index is 0.0936. The van der Waals surface area contributed by atoms with Crippen LogP contribution in [0.25, 0.3) is 5.65 Å². The van der Waals surface area contributed by atoms with E-state index in [1.165, 1.54) is 0 Å². The lowest BCUT2D eigenvalue weighted by Crippen LogP contribution is -2.38. The molecule has 2 atom stereocenters. The highest BCUT2D eigenvalue weighted by Gasteiger charge is 2.39. The van der Waals surface area contributed by atoms with Crippen LogP contribution in [0.3, 0.4) is 0 Å². The average Bonchev–Trinajstić information content (AvgIpc) is 3.38. The van der Waals surface area contributed by atoms with Gasteiger partial charge in [-0.3, -0.25) is 4.79 Å². The molecule has 28 heavy (non-hydrogen) atoms. The summed E-state index contributed by atoms with van der Waals surface area (Å²) in [4.78, 5) is 18.9. The summed E-state index contributed by atoms with van der Waals surface area (Å²) < 4.78 is 47.1. The summed E-state index contributed by atoms with van der Waals surface area (Å²) >= 11 is 0. The smallest absolute Gasteiger partial charge is 0.368 e. The van der Waals surface area contributed by atoms with Gasteiger partial charge in [-0.25, -0.2) is 9.50 Å². The van der Waals surface area contributed by atoms with E-state index < -0.39 is 18.0 Å². The monoisotopic (exact) mass is 396 g/mol. The Kier molecular flexibility index (Phi) is 4.81. The van der Waals surface area contributed by atoms with E-state index in [0.29, 0.717) is 37.4 Å². The lowest BCUT2D eigenvalue weighted by Gasteiger charge is -2.25. The fraction of sp³-hybridized carbons (Fsp3) is 0.632. The van der Waals surface area contributed by atoms with Crippen LogP contribution >= 0.6 is 0 Å². The third-order valence-electron chi connectivity index (χ3n) is 5.43. The number of likely N-dealkylation sites (tertiary alicyclic amines) is 1. The highest BCUT2D eigenvalue weighted by Crippen LogP contribution is 2.36. The number of fused-ring (bicyclic) bond motifs is 1. The van der Waals surface area contributed by atoms with Crippen molar-refractivity contribution in [3.63, 3.8) is 0 Å². The van der Waals surface area contributed by atoms with E-state index in [9.17, 15) is 18.0 Å². The Morgan fingerprint density at radius 2 is 2.04 bits per heavy atom. The molecule has 1 amide bonds. The lowest BCUT2D eigenvalue weighted by atomic mass is 10.1. The van der Waals surface area contributed by atoms with Crippen molar-refractivity contribution in [2.75, 3.05) is 13.2 Å². The molecule has 2 aromatic rings. The molecule has 6 nitrogen and oxygen atoms in total. The maximum absolute atomic E-state index is 13.6. The summed E-state index contributed by atoms with van der Waals surface area (Å²) in [6.07, 6.45) is -2.01. The van der Waals surface area contributed by atoms with Crippen LogP contribution in [0, 0.1) is 0 Å². The maximum Gasteiger partial charge on any atom is 0.433 e. The molecule has 0 bridgehead atoms. The Bertz CT molecular complexity index is 887. The fourth-order valence-corrected chi connectivity index (χ4v) is 3.97. The van der Waals surface area contributed by atoms with Crippen molar-refractivity contribution in [1.82, 2.24) is 19.5 Å². The van der Waals surface area contributed by atoms with E-state index >= 15 is 0 Å². The molecule has 2 aromatic heterocycles. The number of rotatable bonds is 3. The van der Waals surface area contributed by atoms with Crippen LogP contribution < -0.4 is 0 Å². The first kappa shape index (κ1) is 19.2. The SMILES string of the molecule is CC(C)c1cc(C(F)(F)F)n2nc([C@H]3CCCN3C(=O)[C@H]3CCCO3)cc2n1. The molecule has 2 aliphatic heterocycles. The summed E-state index contributed by atoms with van der Waals surface area (Å²) in [7, 11) is 0. The summed E-state index contributed by atoms with van der Waals surface area (Å²) in [5, 5.41) is 4.22. The van der Waals surface area contributed by atoms with Crippen LogP contribution in [0.15, 0.2) is 12.1 Å². The Morgan fingerprint density at radius 1 is 1.25 bits per heavy atom. The van der Waals surface area contributed by atoms with Gasteiger partial charge in [0, 0.05) is 24.9 Å². The van der Waals surface area contributed by atoms with Gasteiger partial charge >= 0.3 is 6.18 Å². The molecule has 0 aliphatic carbocycles. The molecule has 0 spiro atoms. The van der Waals surface area contributed by atoms with E-state index in [4.69, 9.17) is 4.74 Å². The number of carbonyl (C=O) groups excluding carboxylic acids is 1. The number of hydrogen-bond donors (Lipinski definition) is 0. The summed E-state index contributed by atoms with van der Waals surface area (Å²) in [6.45, 7) is 4.73. The van der Waals surface area contributed by atoms with Crippen LogP contribution in [0.1, 0.15) is 68.6 Å². The number of halogens is 3. The molecule has 9 heteroatoms. The fourth-order valence-electron chi connectivity index (χ4n) is 3.97. The predicted molar refractivity (Wildman–Crippen MR) is 94.7 cm³/mol. The minimum atomic E-state index is -4.54. The van der Waals surface area contributed by atoms with Gasteiger partial charge in [0.25, 0.3) is 5.91 Å². The molecule has 0 N–H and O–H groups in total. The second-order valence-corrected chi connectivity index (χ2v) is 7.75. The second-order valence-electron chi connectivity index (χ2n) is 7.75. The van der Waals surface area contributed by atoms with Crippen molar-refractivity contribution in [2.45, 2.75) is 63.8 Å². The Balaban J connectivity index is 1.73. The zero-order valence-corrected chi connectivity index (χ0v) is 15.9. The van der Waals surface area contributed by atoms with Crippen LogP contribution in [0.5, 0.6) is 0 Å². The highest BCUT2D eigenvalue weighted by atomic mass is 19.4.